The van der Waals surface area contributed by atoms with Gasteiger partial charge in [0.15, 0.2) is 0 Å². The fourth-order valence-electron chi connectivity index (χ4n) is 1.94. The number of nitrogens with zero attached hydrogens (tertiary/aromatic N) is 1. The summed E-state index contributed by atoms with van der Waals surface area (Å²) in [6.07, 6.45) is 2.83. The van der Waals surface area contributed by atoms with Crippen molar-refractivity contribution >= 4 is 11.5 Å². The predicted molar refractivity (Wildman–Crippen MR) is 65.4 cm³/mol. The molecule has 1 aromatic heterocycles. The molecule has 0 aromatic carbocycles. The van der Waals surface area contributed by atoms with Crippen molar-refractivity contribution in [3.05, 3.63) is 17.8 Å². The molecular weight excluding hydrogens is 202 g/mol. The molecule has 0 aliphatic carbocycles. The largest absolute Gasteiger partial charge is 0.397 e. The van der Waals surface area contributed by atoms with Crippen LogP contribution in [-0.4, -0.2) is 24.2 Å². The first-order valence-electron chi connectivity index (χ1n) is 5.73. The molecule has 0 amide bonds. The summed E-state index contributed by atoms with van der Waals surface area (Å²) in [6.45, 7) is 5.89. The second-order valence-electron chi connectivity index (χ2n) is 4.48. The third-order valence-electron chi connectivity index (χ3n) is 3.20. The average molecular weight is 221 g/mol. The van der Waals surface area contributed by atoms with E-state index in [0.29, 0.717) is 12.0 Å². The van der Waals surface area contributed by atoms with Gasteiger partial charge >= 0.3 is 0 Å². The Morgan fingerprint density at radius 2 is 2.44 bits per heavy atom. The lowest BCUT2D eigenvalue weighted by Gasteiger charge is -2.20. The van der Waals surface area contributed by atoms with E-state index < -0.39 is 0 Å². The van der Waals surface area contributed by atoms with E-state index in [-0.39, 0.29) is 0 Å². The number of nitrogen functional groups attached to an aromatic ring is 1. The normalized spacial score (nSPS) is 22.0. The summed E-state index contributed by atoms with van der Waals surface area (Å²) in [5, 5.41) is 3.41. The first kappa shape index (κ1) is 11.2. The molecule has 2 atom stereocenters. The minimum absolute atomic E-state index is 0.387. The van der Waals surface area contributed by atoms with Gasteiger partial charge in [0.05, 0.1) is 18.5 Å². The van der Waals surface area contributed by atoms with E-state index in [1.54, 1.807) is 6.20 Å². The predicted octanol–water partition coefficient (Wildman–Crippen LogP) is 1.81. The summed E-state index contributed by atoms with van der Waals surface area (Å²) < 4.78 is 5.38. The fourth-order valence-corrected chi connectivity index (χ4v) is 1.94. The summed E-state index contributed by atoms with van der Waals surface area (Å²) in [6, 6.07) is 2.37. The number of anilines is 2. The minimum Gasteiger partial charge on any atom is -0.397 e. The SMILES string of the molecule is Cc1cc(NC(C)C2CCOC2)ncc1N. The highest BCUT2D eigenvalue weighted by atomic mass is 16.5. The molecule has 0 saturated carbocycles. The van der Waals surface area contributed by atoms with Crippen LogP contribution in [0.5, 0.6) is 0 Å². The number of aryl methyl sites for hydroxylation is 1. The number of rotatable bonds is 3. The highest BCUT2D eigenvalue weighted by Crippen LogP contribution is 2.20. The highest BCUT2D eigenvalue weighted by molar-refractivity contribution is 5.51. The van der Waals surface area contributed by atoms with Gasteiger partial charge in [-0.15, -0.1) is 0 Å². The Balaban J connectivity index is 1.99. The Hall–Kier alpha value is -1.29. The van der Waals surface area contributed by atoms with Gasteiger partial charge in [0.25, 0.3) is 0 Å². The standard InChI is InChI=1S/C12H19N3O/c1-8-5-12(14-6-11(8)13)15-9(2)10-3-4-16-7-10/h5-6,9-10H,3-4,7,13H2,1-2H3,(H,14,15). The molecular formula is C12H19N3O. The molecule has 1 saturated heterocycles. The molecule has 88 valence electrons. The van der Waals surface area contributed by atoms with Crippen LogP contribution in [0.25, 0.3) is 0 Å². The fraction of sp³-hybridized carbons (Fsp3) is 0.583. The molecule has 16 heavy (non-hydrogen) atoms. The summed E-state index contributed by atoms with van der Waals surface area (Å²) in [5.74, 6) is 1.48. The van der Waals surface area contributed by atoms with Crippen molar-refractivity contribution in [2.45, 2.75) is 26.3 Å². The first-order valence-corrected chi connectivity index (χ1v) is 5.73. The molecule has 4 nitrogen and oxygen atoms in total. The summed E-state index contributed by atoms with van der Waals surface area (Å²) >= 11 is 0. The second kappa shape index (κ2) is 4.70. The minimum atomic E-state index is 0.387. The average Bonchev–Trinajstić information content (AvgIpc) is 2.77. The maximum Gasteiger partial charge on any atom is 0.126 e. The number of aromatic nitrogens is 1. The van der Waals surface area contributed by atoms with E-state index in [1.807, 2.05) is 13.0 Å². The van der Waals surface area contributed by atoms with Crippen LogP contribution >= 0.6 is 0 Å². The number of hydrogen-bond donors (Lipinski definition) is 2. The summed E-state index contributed by atoms with van der Waals surface area (Å²) in [5.41, 5.74) is 7.53. The third kappa shape index (κ3) is 2.44. The van der Waals surface area contributed by atoms with E-state index >= 15 is 0 Å². The lowest BCUT2D eigenvalue weighted by molar-refractivity contribution is 0.183. The zero-order chi connectivity index (χ0) is 11.5. The number of nitrogens with one attached hydrogen (secondary N) is 1. The van der Waals surface area contributed by atoms with Gasteiger partial charge in [-0.3, -0.25) is 0 Å². The van der Waals surface area contributed by atoms with Gasteiger partial charge in [-0.2, -0.15) is 0 Å². The molecule has 3 N–H and O–H groups in total. The highest BCUT2D eigenvalue weighted by Gasteiger charge is 2.22. The Morgan fingerprint density at radius 1 is 1.62 bits per heavy atom. The zero-order valence-electron chi connectivity index (χ0n) is 9.86. The van der Waals surface area contributed by atoms with Crippen LogP contribution in [0.2, 0.25) is 0 Å². The molecule has 2 unspecified atom stereocenters. The van der Waals surface area contributed by atoms with Crippen molar-refractivity contribution < 1.29 is 4.74 Å². The van der Waals surface area contributed by atoms with Crippen LogP contribution in [0.15, 0.2) is 12.3 Å². The molecule has 2 heterocycles. The van der Waals surface area contributed by atoms with Gasteiger partial charge in [0, 0.05) is 18.6 Å². The number of ether oxygens (including phenoxy) is 1. The Morgan fingerprint density at radius 3 is 3.06 bits per heavy atom. The second-order valence-corrected chi connectivity index (χ2v) is 4.48. The van der Waals surface area contributed by atoms with Crippen molar-refractivity contribution in [1.29, 1.82) is 0 Å². The quantitative estimate of drug-likeness (QED) is 0.817. The van der Waals surface area contributed by atoms with Gasteiger partial charge in [-0.25, -0.2) is 4.98 Å². The van der Waals surface area contributed by atoms with Crippen LogP contribution in [0, 0.1) is 12.8 Å². The number of nitrogens with two attached hydrogens (primary N) is 1. The van der Waals surface area contributed by atoms with Gasteiger partial charge < -0.3 is 15.8 Å². The Kier molecular flexibility index (Phi) is 3.29. The Labute approximate surface area is 96.2 Å². The molecule has 4 heteroatoms. The molecule has 1 fully saturated rings. The first-order chi connectivity index (χ1) is 7.66. The van der Waals surface area contributed by atoms with Crippen molar-refractivity contribution in [2.24, 2.45) is 5.92 Å². The molecule has 0 spiro atoms. The molecule has 1 aliphatic heterocycles. The smallest absolute Gasteiger partial charge is 0.126 e. The van der Waals surface area contributed by atoms with Gasteiger partial charge in [-0.05, 0) is 31.9 Å². The van der Waals surface area contributed by atoms with E-state index in [9.17, 15) is 0 Å². The third-order valence-corrected chi connectivity index (χ3v) is 3.20. The Bertz CT molecular complexity index is 361. The summed E-state index contributed by atoms with van der Waals surface area (Å²) in [4.78, 5) is 4.27. The zero-order valence-corrected chi connectivity index (χ0v) is 9.86. The lowest BCUT2D eigenvalue weighted by atomic mass is 10.0. The van der Waals surface area contributed by atoms with E-state index in [0.717, 1.165) is 36.7 Å². The monoisotopic (exact) mass is 221 g/mol. The van der Waals surface area contributed by atoms with Crippen LogP contribution in [0.3, 0.4) is 0 Å². The van der Waals surface area contributed by atoms with Crippen molar-refractivity contribution in [3.63, 3.8) is 0 Å². The van der Waals surface area contributed by atoms with E-state index in [1.165, 1.54) is 0 Å². The van der Waals surface area contributed by atoms with Crippen molar-refractivity contribution in [3.8, 4) is 0 Å². The van der Waals surface area contributed by atoms with Crippen LogP contribution in [-0.2, 0) is 4.74 Å². The van der Waals surface area contributed by atoms with Crippen molar-refractivity contribution in [1.82, 2.24) is 4.98 Å². The molecule has 2 rings (SSSR count). The molecule has 1 aliphatic rings. The van der Waals surface area contributed by atoms with Crippen LogP contribution < -0.4 is 11.1 Å². The van der Waals surface area contributed by atoms with Crippen molar-refractivity contribution in [2.75, 3.05) is 24.3 Å². The van der Waals surface area contributed by atoms with Gasteiger partial charge in [-0.1, -0.05) is 0 Å². The topological polar surface area (TPSA) is 60.2 Å². The number of hydrogen-bond acceptors (Lipinski definition) is 4. The maximum absolute atomic E-state index is 5.73. The molecule has 0 bridgehead atoms. The van der Waals surface area contributed by atoms with E-state index in [2.05, 4.69) is 17.2 Å². The lowest BCUT2D eigenvalue weighted by Crippen LogP contribution is -2.26. The van der Waals surface area contributed by atoms with Gasteiger partial charge in [0.1, 0.15) is 5.82 Å². The van der Waals surface area contributed by atoms with E-state index in [4.69, 9.17) is 10.5 Å². The maximum atomic E-state index is 5.73. The van der Waals surface area contributed by atoms with Crippen LogP contribution in [0.1, 0.15) is 18.9 Å². The molecule has 0 radical (unpaired) electrons. The van der Waals surface area contributed by atoms with Crippen LogP contribution in [0.4, 0.5) is 11.5 Å². The molecule has 1 aromatic rings. The summed E-state index contributed by atoms with van der Waals surface area (Å²) in [7, 11) is 0. The van der Waals surface area contributed by atoms with Gasteiger partial charge in [0.2, 0.25) is 0 Å². The number of pyridine rings is 1.